The SMILES string of the molecule is CCCc1cccc(CCC)c1NC(c1cccc(-c2cccc3ccccc23)n1)c1ccccc1C(C)C. The Hall–Kier alpha value is -3.91. The van der Waals surface area contributed by atoms with Crippen LogP contribution in [0.3, 0.4) is 0 Å². The van der Waals surface area contributed by atoms with Crippen molar-refractivity contribution >= 4 is 16.5 Å². The number of anilines is 1. The van der Waals surface area contributed by atoms with Gasteiger partial charge in [-0.15, -0.1) is 0 Å². The zero-order chi connectivity index (χ0) is 27.2. The number of pyridine rings is 1. The Morgan fingerprint density at radius 3 is 1.97 bits per heavy atom. The maximum Gasteiger partial charge on any atom is 0.0943 e. The minimum atomic E-state index is -0.0628. The van der Waals surface area contributed by atoms with Crippen molar-refractivity contribution in [3.8, 4) is 11.3 Å². The van der Waals surface area contributed by atoms with E-state index in [0.717, 1.165) is 37.1 Å². The van der Waals surface area contributed by atoms with Crippen LogP contribution >= 0.6 is 0 Å². The molecule has 5 aromatic rings. The van der Waals surface area contributed by atoms with Crippen LogP contribution in [-0.4, -0.2) is 4.98 Å². The van der Waals surface area contributed by atoms with E-state index in [1.807, 2.05) is 0 Å². The fraction of sp³-hybridized carbons (Fsp3) is 0.270. The van der Waals surface area contributed by atoms with Gasteiger partial charge in [-0.3, -0.25) is 4.98 Å². The molecule has 0 bridgehead atoms. The largest absolute Gasteiger partial charge is 0.372 e. The smallest absolute Gasteiger partial charge is 0.0943 e. The summed E-state index contributed by atoms with van der Waals surface area (Å²) in [5.41, 5.74) is 9.93. The lowest BCUT2D eigenvalue weighted by molar-refractivity contribution is 0.799. The molecule has 2 heteroatoms. The van der Waals surface area contributed by atoms with Gasteiger partial charge in [0.2, 0.25) is 0 Å². The first-order valence-electron chi connectivity index (χ1n) is 14.5. The number of benzene rings is 4. The molecular weight excluding hydrogens is 472 g/mol. The van der Waals surface area contributed by atoms with Crippen molar-refractivity contribution in [3.05, 3.63) is 131 Å². The normalized spacial score (nSPS) is 12.1. The van der Waals surface area contributed by atoms with Crippen molar-refractivity contribution in [1.82, 2.24) is 4.98 Å². The van der Waals surface area contributed by atoms with E-state index in [9.17, 15) is 0 Å². The number of para-hydroxylation sites is 1. The number of nitrogens with zero attached hydrogens (tertiary/aromatic N) is 1. The lowest BCUT2D eigenvalue weighted by Gasteiger charge is -2.27. The first kappa shape index (κ1) is 26.7. The second-order valence-electron chi connectivity index (χ2n) is 10.8. The summed E-state index contributed by atoms with van der Waals surface area (Å²) in [6.07, 6.45) is 4.35. The second-order valence-corrected chi connectivity index (χ2v) is 10.8. The Bertz CT molecular complexity index is 1520. The minimum Gasteiger partial charge on any atom is -0.372 e. The number of hydrogen-bond acceptors (Lipinski definition) is 2. The predicted octanol–water partition coefficient (Wildman–Crippen LogP) is 10.1. The molecule has 0 aliphatic carbocycles. The van der Waals surface area contributed by atoms with Crippen LogP contribution in [-0.2, 0) is 12.8 Å². The summed E-state index contributed by atoms with van der Waals surface area (Å²) in [7, 11) is 0. The van der Waals surface area contributed by atoms with Gasteiger partial charge in [0, 0.05) is 11.3 Å². The molecule has 0 amide bonds. The summed E-state index contributed by atoms with van der Waals surface area (Å²) < 4.78 is 0. The van der Waals surface area contributed by atoms with Crippen LogP contribution in [0, 0.1) is 0 Å². The maximum atomic E-state index is 5.36. The van der Waals surface area contributed by atoms with Crippen LogP contribution in [0.4, 0.5) is 5.69 Å². The highest BCUT2D eigenvalue weighted by Gasteiger charge is 2.23. The van der Waals surface area contributed by atoms with Crippen molar-refractivity contribution < 1.29 is 0 Å². The van der Waals surface area contributed by atoms with Gasteiger partial charge in [0.05, 0.1) is 17.4 Å². The third kappa shape index (κ3) is 5.76. The van der Waals surface area contributed by atoms with E-state index in [0.29, 0.717) is 5.92 Å². The fourth-order valence-corrected chi connectivity index (χ4v) is 5.76. The molecule has 1 unspecified atom stereocenters. The van der Waals surface area contributed by atoms with Crippen molar-refractivity contribution in [3.63, 3.8) is 0 Å². The monoisotopic (exact) mass is 512 g/mol. The first-order valence-corrected chi connectivity index (χ1v) is 14.5. The zero-order valence-corrected chi connectivity index (χ0v) is 23.7. The summed E-state index contributed by atoms with van der Waals surface area (Å²) in [4.78, 5) is 5.36. The molecule has 0 aliphatic rings. The topological polar surface area (TPSA) is 24.9 Å². The average Bonchev–Trinajstić information content (AvgIpc) is 2.97. The molecule has 4 aromatic carbocycles. The highest BCUT2D eigenvalue weighted by Crippen LogP contribution is 2.36. The molecule has 1 N–H and O–H groups in total. The number of rotatable bonds is 10. The van der Waals surface area contributed by atoms with Crippen LogP contribution in [0.25, 0.3) is 22.0 Å². The molecule has 1 heterocycles. The molecule has 5 rings (SSSR count). The molecule has 0 radical (unpaired) electrons. The fourth-order valence-electron chi connectivity index (χ4n) is 5.76. The molecule has 1 aromatic heterocycles. The lowest BCUT2D eigenvalue weighted by atomic mass is 9.90. The van der Waals surface area contributed by atoms with E-state index in [-0.39, 0.29) is 6.04 Å². The molecule has 2 nitrogen and oxygen atoms in total. The summed E-state index contributed by atoms with van der Waals surface area (Å²) >= 11 is 0. The van der Waals surface area contributed by atoms with Crippen LogP contribution in [0.1, 0.15) is 80.4 Å². The number of fused-ring (bicyclic) bond motifs is 1. The van der Waals surface area contributed by atoms with Crippen molar-refractivity contribution in [1.29, 1.82) is 0 Å². The number of hydrogen-bond donors (Lipinski definition) is 1. The summed E-state index contributed by atoms with van der Waals surface area (Å²) in [6.45, 7) is 9.08. The highest BCUT2D eigenvalue weighted by atomic mass is 15.0. The Labute approximate surface area is 234 Å². The molecule has 0 spiro atoms. The minimum absolute atomic E-state index is 0.0628. The summed E-state index contributed by atoms with van der Waals surface area (Å²) in [5, 5.41) is 6.53. The van der Waals surface area contributed by atoms with Gasteiger partial charge < -0.3 is 5.32 Å². The van der Waals surface area contributed by atoms with E-state index in [1.165, 1.54) is 44.3 Å². The summed E-state index contributed by atoms with van der Waals surface area (Å²) in [5.74, 6) is 0.410. The molecule has 0 fully saturated rings. The number of aromatic nitrogens is 1. The second kappa shape index (κ2) is 12.3. The van der Waals surface area contributed by atoms with Gasteiger partial charge >= 0.3 is 0 Å². The van der Waals surface area contributed by atoms with Crippen LogP contribution in [0.15, 0.2) is 103 Å². The molecule has 0 aliphatic heterocycles. The van der Waals surface area contributed by atoms with Gasteiger partial charge in [-0.1, -0.05) is 132 Å². The van der Waals surface area contributed by atoms with E-state index in [4.69, 9.17) is 4.98 Å². The van der Waals surface area contributed by atoms with E-state index in [1.54, 1.807) is 0 Å². The van der Waals surface area contributed by atoms with E-state index >= 15 is 0 Å². The van der Waals surface area contributed by atoms with Gasteiger partial charge in [-0.25, -0.2) is 0 Å². The highest BCUT2D eigenvalue weighted by molar-refractivity contribution is 5.95. The van der Waals surface area contributed by atoms with Crippen molar-refractivity contribution in [2.75, 3.05) is 5.32 Å². The zero-order valence-electron chi connectivity index (χ0n) is 23.7. The molecule has 1 atom stereocenters. The standard InChI is InChI=1S/C37H40N2/c1-5-14-28-18-11-19-29(15-6-2)36(28)39-37(33-22-10-9-20-30(33)26(3)4)35-25-13-24-34(38-35)32-23-12-17-27-16-7-8-21-31(27)32/h7-13,16-26,37,39H,5-6,14-15H2,1-4H3. The van der Waals surface area contributed by atoms with Crippen molar-refractivity contribution in [2.24, 2.45) is 0 Å². The molecule has 198 valence electrons. The Balaban J connectivity index is 1.68. The Morgan fingerprint density at radius 2 is 1.26 bits per heavy atom. The number of aryl methyl sites for hydroxylation is 2. The van der Waals surface area contributed by atoms with Gasteiger partial charge in [-0.2, -0.15) is 0 Å². The van der Waals surface area contributed by atoms with E-state index in [2.05, 4.69) is 136 Å². The Morgan fingerprint density at radius 1 is 0.641 bits per heavy atom. The molecule has 39 heavy (non-hydrogen) atoms. The molecule has 0 saturated carbocycles. The number of nitrogens with one attached hydrogen (secondary N) is 1. The summed E-state index contributed by atoms with van der Waals surface area (Å²) in [6, 6.07) is 37.2. The quantitative estimate of drug-likeness (QED) is 0.201. The third-order valence-corrected chi connectivity index (χ3v) is 7.63. The van der Waals surface area contributed by atoms with Crippen molar-refractivity contribution in [2.45, 2.75) is 65.3 Å². The molecular formula is C37H40N2. The Kier molecular flexibility index (Phi) is 8.42. The van der Waals surface area contributed by atoms with Crippen LogP contribution in [0.5, 0.6) is 0 Å². The van der Waals surface area contributed by atoms with Gasteiger partial charge in [-0.05, 0) is 63.9 Å². The molecule has 0 saturated heterocycles. The average molecular weight is 513 g/mol. The lowest BCUT2D eigenvalue weighted by Crippen LogP contribution is -2.18. The van der Waals surface area contributed by atoms with Crippen LogP contribution < -0.4 is 5.32 Å². The third-order valence-electron chi connectivity index (χ3n) is 7.63. The first-order chi connectivity index (χ1) is 19.1. The van der Waals surface area contributed by atoms with Crippen LogP contribution in [0.2, 0.25) is 0 Å². The predicted molar refractivity (Wildman–Crippen MR) is 168 cm³/mol. The van der Waals surface area contributed by atoms with E-state index < -0.39 is 0 Å². The van der Waals surface area contributed by atoms with Gasteiger partial charge in [0.15, 0.2) is 0 Å². The maximum absolute atomic E-state index is 5.36. The van der Waals surface area contributed by atoms with Gasteiger partial charge in [0.25, 0.3) is 0 Å². The van der Waals surface area contributed by atoms with Gasteiger partial charge in [0.1, 0.15) is 0 Å².